The van der Waals surface area contributed by atoms with Gasteiger partial charge in [-0.05, 0) is 19.8 Å². The Balaban J connectivity index is 2.49. The van der Waals surface area contributed by atoms with E-state index >= 15 is 0 Å². The molecule has 0 bridgehead atoms. The van der Waals surface area contributed by atoms with Gasteiger partial charge in [0.2, 0.25) is 0 Å². The average Bonchev–Trinajstić information content (AvgIpc) is 2.26. The smallest absolute Gasteiger partial charge is 0.405 e. The van der Waals surface area contributed by atoms with E-state index in [1.165, 1.54) is 11.8 Å². The molecule has 0 aliphatic carbocycles. The summed E-state index contributed by atoms with van der Waals surface area (Å²) in [6.07, 6.45) is -1.73. The van der Waals surface area contributed by atoms with Crippen LogP contribution in [0.4, 0.5) is 13.6 Å². The number of carbonyl (C=O) groups is 2. The number of ether oxygens (including phenoxy) is 2. The number of piperidine rings is 1. The van der Waals surface area contributed by atoms with Crippen LogP contribution in [0.2, 0.25) is 0 Å². The van der Waals surface area contributed by atoms with Gasteiger partial charge >= 0.3 is 12.7 Å². The molecule has 2 atom stereocenters. The van der Waals surface area contributed by atoms with Gasteiger partial charge in [-0.25, -0.2) is 4.79 Å². The Bertz CT molecular complexity index is 314. The summed E-state index contributed by atoms with van der Waals surface area (Å²) in [6, 6.07) is 0. The van der Waals surface area contributed by atoms with Crippen LogP contribution < -0.4 is 5.73 Å². The summed E-state index contributed by atoms with van der Waals surface area (Å²) in [5.41, 5.74) is 4.80. The van der Waals surface area contributed by atoms with Gasteiger partial charge in [-0.15, -0.1) is 0 Å². The van der Waals surface area contributed by atoms with Crippen molar-refractivity contribution in [3.8, 4) is 0 Å². The van der Waals surface area contributed by atoms with Crippen molar-refractivity contribution in [2.24, 2.45) is 5.73 Å². The molecule has 1 fully saturated rings. The number of amides is 2. The monoisotopic (exact) mass is 266 g/mol. The van der Waals surface area contributed by atoms with E-state index in [2.05, 4.69) is 9.47 Å². The van der Waals surface area contributed by atoms with Gasteiger partial charge in [0.05, 0.1) is 6.10 Å². The summed E-state index contributed by atoms with van der Waals surface area (Å²) in [5.74, 6) is -0.462. The van der Waals surface area contributed by atoms with Gasteiger partial charge in [-0.3, -0.25) is 4.79 Å². The van der Waals surface area contributed by atoms with Crippen molar-refractivity contribution in [1.29, 1.82) is 0 Å². The number of halogens is 2. The highest BCUT2D eigenvalue weighted by Gasteiger charge is 2.29. The van der Waals surface area contributed by atoms with Crippen molar-refractivity contribution in [3.63, 3.8) is 0 Å². The molecule has 6 nitrogen and oxygen atoms in total. The molecular weight excluding hydrogens is 250 g/mol. The van der Waals surface area contributed by atoms with Crippen LogP contribution in [0.25, 0.3) is 0 Å². The first-order valence-corrected chi connectivity index (χ1v) is 5.58. The van der Waals surface area contributed by atoms with Crippen LogP contribution >= 0.6 is 0 Å². The highest BCUT2D eigenvalue weighted by Crippen LogP contribution is 2.17. The van der Waals surface area contributed by atoms with Crippen LogP contribution in [0.1, 0.15) is 19.8 Å². The topological polar surface area (TPSA) is 81.9 Å². The number of alkyl halides is 2. The molecule has 0 radical (unpaired) electrons. The lowest BCUT2D eigenvalue weighted by Gasteiger charge is -2.33. The molecule has 2 N–H and O–H groups in total. The van der Waals surface area contributed by atoms with Crippen LogP contribution in [-0.2, 0) is 14.3 Å². The largest absolute Gasteiger partial charge is 0.437 e. The number of primary amides is 1. The Labute approximate surface area is 103 Å². The van der Waals surface area contributed by atoms with Crippen molar-refractivity contribution < 1.29 is 27.8 Å². The van der Waals surface area contributed by atoms with Gasteiger partial charge < -0.3 is 20.1 Å². The second kappa shape index (κ2) is 6.48. The fourth-order valence-corrected chi connectivity index (χ4v) is 1.88. The number of hydrogen-bond acceptors (Lipinski definition) is 4. The lowest BCUT2D eigenvalue weighted by Crippen LogP contribution is -2.48. The quantitative estimate of drug-likeness (QED) is 0.812. The Kier molecular flexibility index (Phi) is 5.26. The molecule has 0 aromatic carbocycles. The van der Waals surface area contributed by atoms with E-state index in [0.29, 0.717) is 19.4 Å². The van der Waals surface area contributed by atoms with Gasteiger partial charge in [-0.1, -0.05) is 0 Å². The predicted octanol–water partition coefficient (Wildman–Crippen LogP) is 0.700. The number of nitrogens with two attached hydrogens (primary N) is 1. The second-order valence-electron chi connectivity index (χ2n) is 4.02. The van der Waals surface area contributed by atoms with E-state index in [1.807, 2.05) is 0 Å². The van der Waals surface area contributed by atoms with Crippen molar-refractivity contribution >= 4 is 12.0 Å². The van der Waals surface area contributed by atoms with E-state index in [4.69, 9.17) is 5.73 Å². The SMILES string of the molecule is C[C@@H](OC(N)=O)C(=O)N1CCCC(OC(F)F)C1. The maximum atomic E-state index is 12.1. The molecule has 1 aliphatic rings. The number of rotatable bonds is 4. The number of hydrogen-bond donors (Lipinski definition) is 1. The summed E-state index contributed by atoms with van der Waals surface area (Å²) in [7, 11) is 0. The molecule has 2 amide bonds. The van der Waals surface area contributed by atoms with E-state index in [0.717, 1.165) is 0 Å². The first-order valence-electron chi connectivity index (χ1n) is 5.58. The number of carbonyl (C=O) groups excluding carboxylic acids is 2. The number of likely N-dealkylation sites (tertiary alicyclic amines) is 1. The summed E-state index contributed by atoms with van der Waals surface area (Å²) < 4.78 is 33.0. The van der Waals surface area contributed by atoms with Gasteiger partial charge in [0.1, 0.15) is 0 Å². The van der Waals surface area contributed by atoms with Crippen LogP contribution in [0.15, 0.2) is 0 Å². The molecule has 8 heteroatoms. The van der Waals surface area contributed by atoms with Crippen LogP contribution in [0.5, 0.6) is 0 Å². The summed E-state index contributed by atoms with van der Waals surface area (Å²) in [4.78, 5) is 23.7. The zero-order chi connectivity index (χ0) is 13.7. The third-order valence-electron chi connectivity index (χ3n) is 2.63. The standard InChI is InChI=1S/C10H16F2N2O4/c1-6(17-10(13)16)8(15)14-4-2-3-7(5-14)18-9(11)12/h6-7,9H,2-5H2,1H3,(H2,13,16)/t6-,7?/m1/s1. The van der Waals surface area contributed by atoms with Crippen molar-refractivity contribution in [2.45, 2.75) is 38.6 Å². The highest BCUT2D eigenvalue weighted by molar-refractivity contribution is 5.83. The Morgan fingerprint density at radius 1 is 1.44 bits per heavy atom. The summed E-state index contributed by atoms with van der Waals surface area (Å²) >= 11 is 0. The third kappa shape index (κ3) is 4.44. The maximum absolute atomic E-state index is 12.1. The molecule has 1 heterocycles. The highest BCUT2D eigenvalue weighted by atomic mass is 19.3. The van der Waals surface area contributed by atoms with Gasteiger partial charge in [0.25, 0.3) is 5.91 Å². The first kappa shape index (κ1) is 14.6. The lowest BCUT2D eigenvalue weighted by atomic mass is 10.1. The van der Waals surface area contributed by atoms with E-state index in [-0.39, 0.29) is 6.54 Å². The molecular formula is C10H16F2N2O4. The van der Waals surface area contributed by atoms with E-state index in [9.17, 15) is 18.4 Å². The summed E-state index contributed by atoms with van der Waals surface area (Å²) in [6.45, 7) is -0.987. The van der Waals surface area contributed by atoms with Gasteiger partial charge in [0, 0.05) is 13.1 Å². The Morgan fingerprint density at radius 2 is 2.11 bits per heavy atom. The Morgan fingerprint density at radius 3 is 2.67 bits per heavy atom. The minimum Gasteiger partial charge on any atom is -0.437 e. The maximum Gasteiger partial charge on any atom is 0.405 e. The number of nitrogens with zero attached hydrogens (tertiary/aromatic N) is 1. The second-order valence-corrected chi connectivity index (χ2v) is 4.02. The minimum atomic E-state index is -2.86. The lowest BCUT2D eigenvalue weighted by molar-refractivity contribution is -0.179. The van der Waals surface area contributed by atoms with Crippen molar-refractivity contribution in [1.82, 2.24) is 4.90 Å². The molecule has 1 unspecified atom stereocenters. The zero-order valence-electron chi connectivity index (χ0n) is 9.97. The molecule has 1 aliphatic heterocycles. The molecule has 0 saturated carbocycles. The van der Waals surface area contributed by atoms with E-state index in [1.54, 1.807) is 0 Å². The van der Waals surface area contributed by atoms with Gasteiger partial charge in [0.15, 0.2) is 6.10 Å². The fraction of sp³-hybridized carbons (Fsp3) is 0.800. The molecule has 1 saturated heterocycles. The van der Waals surface area contributed by atoms with Crippen LogP contribution in [-0.4, -0.2) is 48.8 Å². The third-order valence-corrected chi connectivity index (χ3v) is 2.63. The predicted molar refractivity (Wildman–Crippen MR) is 56.8 cm³/mol. The summed E-state index contributed by atoms with van der Waals surface area (Å²) in [5, 5.41) is 0. The van der Waals surface area contributed by atoms with E-state index < -0.39 is 30.8 Å². The molecule has 0 spiro atoms. The van der Waals surface area contributed by atoms with Crippen molar-refractivity contribution in [3.05, 3.63) is 0 Å². The first-order chi connectivity index (χ1) is 8.40. The molecule has 104 valence electrons. The minimum absolute atomic E-state index is 0.0651. The van der Waals surface area contributed by atoms with Crippen LogP contribution in [0, 0.1) is 0 Å². The molecule has 18 heavy (non-hydrogen) atoms. The van der Waals surface area contributed by atoms with Gasteiger partial charge in [-0.2, -0.15) is 8.78 Å². The van der Waals surface area contributed by atoms with Crippen molar-refractivity contribution in [2.75, 3.05) is 13.1 Å². The molecule has 0 aromatic rings. The molecule has 0 aromatic heterocycles. The Hall–Kier alpha value is -1.44. The normalized spacial score (nSPS) is 21.8. The molecule has 1 rings (SSSR count). The average molecular weight is 266 g/mol. The van der Waals surface area contributed by atoms with Crippen LogP contribution in [0.3, 0.4) is 0 Å². The fourth-order valence-electron chi connectivity index (χ4n) is 1.88. The zero-order valence-corrected chi connectivity index (χ0v) is 9.97.